The summed E-state index contributed by atoms with van der Waals surface area (Å²) in [5, 5.41) is 15.0. The highest BCUT2D eigenvalue weighted by molar-refractivity contribution is 6.20. The fourth-order valence-electron chi connectivity index (χ4n) is 2.04. The molecule has 1 aromatic rings. The highest BCUT2D eigenvalue weighted by Crippen LogP contribution is 2.34. The molecule has 1 aromatic heterocycles. The summed E-state index contributed by atoms with van der Waals surface area (Å²) >= 11 is 6.07. The molecule has 5 nitrogen and oxygen atoms in total. The molecule has 0 spiro atoms. The van der Waals surface area contributed by atoms with Crippen LogP contribution >= 0.6 is 11.6 Å². The SMILES string of the molecule is CCC(c1c([N+](=O)[O-])c(C)nn1C)C(C)Cl. The minimum atomic E-state index is -0.375. The molecule has 90 valence electrons. The largest absolute Gasteiger partial charge is 0.313 e. The van der Waals surface area contributed by atoms with E-state index in [9.17, 15) is 10.1 Å². The van der Waals surface area contributed by atoms with Gasteiger partial charge >= 0.3 is 5.69 Å². The van der Waals surface area contributed by atoms with Crippen LogP contribution in [-0.4, -0.2) is 20.1 Å². The van der Waals surface area contributed by atoms with Crippen LogP contribution in [0.5, 0.6) is 0 Å². The fourth-order valence-corrected chi connectivity index (χ4v) is 2.34. The fraction of sp³-hybridized carbons (Fsp3) is 0.700. The van der Waals surface area contributed by atoms with Crippen molar-refractivity contribution in [3.63, 3.8) is 0 Å². The third kappa shape index (κ3) is 2.19. The Hall–Kier alpha value is -1.10. The summed E-state index contributed by atoms with van der Waals surface area (Å²) in [6, 6.07) is 0. The summed E-state index contributed by atoms with van der Waals surface area (Å²) < 4.78 is 1.57. The molecule has 6 heteroatoms. The standard InChI is InChI=1S/C10H16ClN3O2/c1-5-8(6(2)11)10-9(14(15)16)7(3)12-13(10)4/h6,8H,5H2,1-4H3. The normalized spacial score (nSPS) is 14.8. The molecule has 1 rings (SSSR count). The number of aromatic nitrogens is 2. The molecule has 0 saturated heterocycles. The van der Waals surface area contributed by atoms with E-state index in [0.29, 0.717) is 11.4 Å². The van der Waals surface area contributed by atoms with E-state index >= 15 is 0 Å². The molecule has 1 heterocycles. The number of hydrogen-bond donors (Lipinski definition) is 0. The minimum Gasteiger partial charge on any atom is -0.265 e. The van der Waals surface area contributed by atoms with Gasteiger partial charge < -0.3 is 0 Å². The van der Waals surface area contributed by atoms with Gasteiger partial charge in [-0.05, 0) is 20.3 Å². The topological polar surface area (TPSA) is 61.0 Å². The van der Waals surface area contributed by atoms with Crippen LogP contribution in [0, 0.1) is 17.0 Å². The molecule has 0 saturated carbocycles. The van der Waals surface area contributed by atoms with Gasteiger partial charge in [0.2, 0.25) is 0 Å². The average Bonchev–Trinajstić information content (AvgIpc) is 2.42. The lowest BCUT2D eigenvalue weighted by Crippen LogP contribution is -2.14. The zero-order valence-corrected chi connectivity index (χ0v) is 10.7. The van der Waals surface area contributed by atoms with Crippen molar-refractivity contribution in [1.29, 1.82) is 0 Å². The molecule has 0 fully saturated rings. The van der Waals surface area contributed by atoms with Gasteiger partial charge in [-0.1, -0.05) is 6.92 Å². The number of alkyl halides is 1. The number of aryl methyl sites for hydroxylation is 2. The summed E-state index contributed by atoms with van der Waals surface area (Å²) in [4.78, 5) is 10.6. The molecule has 0 amide bonds. The number of hydrogen-bond acceptors (Lipinski definition) is 3. The van der Waals surface area contributed by atoms with Crippen molar-refractivity contribution >= 4 is 17.3 Å². The van der Waals surface area contributed by atoms with E-state index in [1.54, 1.807) is 18.7 Å². The lowest BCUT2D eigenvalue weighted by Gasteiger charge is -2.16. The average molecular weight is 246 g/mol. The highest BCUT2D eigenvalue weighted by Gasteiger charge is 2.31. The smallest absolute Gasteiger partial charge is 0.265 e. The van der Waals surface area contributed by atoms with Crippen molar-refractivity contribution in [1.82, 2.24) is 9.78 Å². The van der Waals surface area contributed by atoms with Crippen molar-refractivity contribution in [2.24, 2.45) is 7.05 Å². The van der Waals surface area contributed by atoms with Gasteiger partial charge in [0, 0.05) is 18.3 Å². The first-order chi connectivity index (χ1) is 7.40. The Labute approximate surface area is 99.5 Å². The van der Waals surface area contributed by atoms with Gasteiger partial charge in [-0.2, -0.15) is 5.10 Å². The molecule has 0 aromatic carbocycles. The van der Waals surface area contributed by atoms with Crippen LogP contribution in [-0.2, 0) is 7.05 Å². The molecular weight excluding hydrogens is 230 g/mol. The van der Waals surface area contributed by atoms with Crippen molar-refractivity contribution in [3.05, 3.63) is 21.5 Å². The summed E-state index contributed by atoms with van der Waals surface area (Å²) in [6.07, 6.45) is 0.754. The summed E-state index contributed by atoms with van der Waals surface area (Å²) in [5.74, 6) is -0.0479. The predicted molar refractivity (Wildman–Crippen MR) is 62.9 cm³/mol. The number of rotatable bonds is 4. The summed E-state index contributed by atoms with van der Waals surface area (Å²) in [5.41, 5.74) is 1.16. The molecule has 0 aliphatic carbocycles. The Morgan fingerprint density at radius 2 is 2.19 bits per heavy atom. The molecular formula is C10H16ClN3O2. The van der Waals surface area contributed by atoms with E-state index in [1.807, 2.05) is 13.8 Å². The van der Waals surface area contributed by atoms with E-state index < -0.39 is 0 Å². The van der Waals surface area contributed by atoms with Crippen molar-refractivity contribution in [2.75, 3.05) is 0 Å². The third-order valence-electron chi connectivity index (χ3n) is 2.76. The Kier molecular flexibility index (Phi) is 3.91. The molecule has 16 heavy (non-hydrogen) atoms. The molecule has 0 aliphatic heterocycles. The first-order valence-corrected chi connectivity index (χ1v) is 5.65. The number of nitro groups is 1. The zero-order chi connectivity index (χ0) is 12.5. The Morgan fingerprint density at radius 1 is 1.62 bits per heavy atom. The molecule has 2 unspecified atom stereocenters. The van der Waals surface area contributed by atoms with Gasteiger partial charge in [0.05, 0.1) is 4.92 Å². The van der Waals surface area contributed by atoms with Crippen LogP contribution in [0.1, 0.15) is 37.6 Å². The van der Waals surface area contributed by atoms with Crippen LogP contribution in [0.2, 0.25) is 0 Å². The Balaban J connectivity index is 3.35. The van der Waals surface area contributed by atoms with Gasteiger partial charge in [-0.25, -0.2) is 0 Å². The Morgan fingerprint density at radius 3 is 2.56 bits per heavy atom. The lowest BCUT2D eigenvalue weighted by atomic mass is 9.97. The first-order valence-electron chi connectivity index (χ1n) is 5.22. The maximum atomic E-state index is 11.0. The van der Waals surface area contributed by atoms with Gasteiger partial charge in [0.25, 0.3) is 0 Å². The second-order valence-electron chi connectivity index (χ2n) is 3.89. The first kappa shape index (κ1) is 13.0. The Bertz CT molecular complexity index is 401. The van der Waals surface area contributed by atoms with Crippen LogP contribution in [0.4, 0.5) is 5.69 Å². The molecule has 0 aliphatic rings. The lowest BCUT2D eigenvalue weighted by molar-refractivity contribution is -0.386. The van der Waals surface area contributed by atoms with Crippen LogP contribution in [0.25, 0.3) is 0 Å². The van der Waals surface area contributed by atoms with E-state index in [2.05, 4.69) is 5.10 Å². The van der Waals surface area contributed by atoms with E-state index in [1.165, 1.54) is 0 Å². The van der Waals surface area contributed by atoms with Crippen molar-refractivity contribution < 1.29 is 4.92 Å². The predicted octanol–water partition coefficient (Wildman–Crippen LogP) is 2.76. The van der Waals surface area contributed by atoms with E-state index in [-0.39, 0.29) is 21.9 Å². The maximum absolute atomic E-state index is 11.0. The number of halogens is 1. The van der Waals surface area contributed by atoms with Gasteiger partial charge in [0.15, 0.2) is 0 Å². The number of nitrogens with zero attached hydrogens (tertiary/aromatic N) is 3. The zero-order valence-electron chi connectivity index (χ0n) is 9.90. The molecule has 0 N–H and O–H groups in total. The second kappa shape index (κ2) is 4.82. The van der Waals surface area contributed by atoms with Gasteiger partial charge in [-0.3, -0.25) is 14.8 Å². The molecule has 2 atom stereocenters. The minimum absolute atomic E-state index is 0.0479. The summed E-state index contributed by atoms with van der Waals surface area (Å²) in [6.45, 7) is 5.46. The maximum Gasteiger partial charge on any atom is 0.313 e. The van der Waals surface area contributed by atoms with Crippen molar-refractivity contribution in [3.8, 4) is 0 Å². The van der Waals surface area contributed by atoms with E-state index in [0.717, 1.165) is 6.42 Å². The van der Waals surface area contributed by atoms with Crippen LogP contribution in [0.3, 0.4) is 0 Å². The van der Waals surface area contributed by atoms with Crippen LogP contribution < -0.4 is 0 Å². The monoisotopic (exact) mass is 245 g/mol. The second-order valence-corrected chi connectivity index (χ2v) is 4.58. The molecule has 0 radical (unpaired) electrons. The van der Waals surface area contributed by atoms with Crippen molar-refractivity contribution in [2.45, 2.75) is 38.5 Å². The third-order valence-corrected chi connectivity index (χ3v) is 3.07. The van der Waals surface area contributed by atoms with Gasteiger partial charge in [-0.15, -0.1) is 11.6 Å². The van der Waals surface area contributed by atoms with Gasteiger partial charge in [0.1, 0.15) is 11.4 Å². The highest BCUT2D eigenvalue weighted by atomic mass is 35.5. The quantitative estimate of drug-likeness (QED) is 0.466. The summed E-state index contributed by atoms with van der Waals surface area (Å²) in [7, 11) is 1.72. The van der Waals surface area contributed by atoms with Crippen LogP contribution in [0.15, 0.2) is 0 Å². The van der Waals surface area contributed by atoms with E-state index in [4.69, 9.17) is 11.6 Å². The molecule has 0 bridgehead atoms.